The average Bonchev–Trinajstić information content (AvgIpc) is 2.57. The summed E-state index contributed by atoms with van der Waals surface area (Å²) in [5.41, 5.74) is 3.57. The molecular formula is C16H18N4O4S. The van der Waals surface area contributed by atoms with Gasteiger partial charge in [0.2, 0.25) is 0 Å². The number of aryl methyl sites for hydroxylation is 1. The molecule has 2 aromatic carbocycles. The second-order valence-corrected chi connectivity index (χ2v) is 6.84. The number of anilines is 2. The van der Waals surface area contributed by atoms with Crippen LogP contribution in [-0.4, -0.2) is 19.6 Å². The summed E-state index contributed by atoms with van der Waals surface area (Å²) < 4.78 is 28.0. The van der Waals surface area contributed by atoms with Gasteiger partial charge >= 0.3 is 0 Å². The van der Waals surface area contributed by atoms with Crippen LogP contribution in [0.1, 0.15) is 18.9 Å². The molecule has 0 heterocycles. The van der Waals surface area contributed by atoms with Gasteiger partial charge in [0.25, 0.3) is 15.7 Å². The van der Waals surface area contributed by atoms with Crippen molar-refractivity contribution in [1.82, 2.24) is 0 Å². The Morgan fingerprint density at radius 3 is 2.56 bits per heavy atom. The van der Waals surface area contributed by atoms with Crippen LogP contribution in [0.3, 0.4) is 0 Å². The van der Waals surface area contributed by atoms with Crippen molar-refractivity contribution in [2.75, 3.05) is 10.1 Å². The molecule has 0 unspecified atom stereocenters. The van der Waals surface area contributed by atoms with Crippen molar-refractivity contribution < 1.29 is 13.3 Å². The molecule has 0 fully saturated rings. The number of nitro benzene ring substituents is 1. The van der Waals surface area contributed by atoms with Gasteiger partial charge in [-0.1, -0.05) is 25.1 Å². The van der Waals surface area contributed by atoms with Crippen LogP contribution in [0.2, 0.25) is 0 Å². The number of hydrogen-bond donors (Lipinski definition) is 2. The average molecular weight is 362 g/mol. The van der Waals surface area contributed by atoms with E-state index in [0.717, 1.165) is 11.6 Å². The van der Waals surface area contributed by atoms with E-state index in [0.29, 0.717) is 12.1 Å². The zero-order valence-corrected chi connectivity index (χ0v) is 14.6. The van der Waals surface area contributed by atoms with Gasteiger partial charge in [0.05, 0.1) is 16.3 Å². The van der Waals surface area contributed by atoms with Crippen LogP contribution >= 0.6 is 0 Å². The van der Waals surface area contributed by atoms with Gasteiger partial charge in [-0.15, -0.1) is 0 Å². The highest BCUT2D eigenvalue weighted by Gasteiger charge is 2.23. The Balaban J connectivity index is 2.49. The normalized spacial score (nSPS) is 11.4. The van der Waals surface area contributed by atoms with E-state index in [4.69, 9.17) is 0 Å². The van der Waals surface area contributed by atoms with Gasteiger partial charge < -0.3 is 0 Å². The minimum atomic E-state index is -4.05. The summed E-state index contributed by atoms with van der Waals surface area (Å²) in [6.45, 7) is 3.63. The Hall–Kier alpha value is -2.94. The number of sulfonamides is 1. The lowest BCUT2D eigenvalue weighted by Gasteiger charge is -2.13. The third kappa shape index (κ3) is 4.54. The minimum Gasteiger partial charge on any atom is -0.279 e. The molecular weight excluding hydrogens is 344 g/mol. The fourth-order valence-corrected chi connectivity index (χ4v) is 3.34. The van der Waals surface area contributed by atoms with E-state index in [9.17, 15) is 18.5 Å². The van der Waals surface area contributed by atoms with Gasteiger partial charge in [-0.05, 0) is 31.0 Å². The first-order valence-electron chi connectivity index (χ1n) is 7.49. The van der Waals surface area contributed by atoms with E-state index in [2.05, 4.69) is 15.2 Å². The van der Waals surface area contributed by atoms with Crippen molar-refractivity contribution in [3.63, 3.8) is 0 Å². The maximum absolute atomic E-state index is 12.8. The molecule has 0 bridgehead atoms. The highest BCUT2D eigenvalue weighted by Crippen LogP contribution is 2.29. The van der Waals surface area contributed by atoms with Gasteiger partial charge in [-0.2, -0.15) is 5.10 Å². The zero-order chi connectivity index (χ0) is 18.4. The molecule has 8 nitrogen and oxygen atoms in total. The Kier molecular flexibility index (Phi) is 5.71. The molecule has 132 valence electrons. The number of benzene rings is 2. The monoisotopic (exact) mass is 362 g/mol. The first-order chi connectivity index (χ1) is 11.8. The summed E-state index contributed by atoms with van der Waals surface area (Å²) in [6, 6.07) is 10.4. The third-order valence-electron chi connectivity index (χ3n) is 3.31. The van der Waals surface area contributed by atoms with Gasteiger partial charge in [-0.3, -0.25) is 20.3 Å². The molecule has 0 atom stereocenters. The molecule has 2 rings (SSSR count). The number of non-ortho nitro benzene ring substituents is 1. The molecule has 0 aromatic heterocycles. The van der Waals surface area contributed by atoms with Crippen molar-refractivity contribution in [3.05, 3.63) is 58.1 Å². The number of hydrazone groups is 1. The summed E-state index contributed by atoms with van der Waals surface area (Å²) in [4.78, 5) is 10.1. The molecule has 25 heavy (non-hydrogen) atoms. The topological polar surface area (TPSA) is 114 Å². The maximum atomic E-state index is 12.8. The number of nitrogens with zero attached hydrogens (tertiary/aromatic N) is 2. The van der Waals surface area contributed by atoms with Crippen LogP contribution in [0.25, 0.3) is 0 Å². The van der Waals surface area contributed by atoms with Crippen LogP contribution in [0, 0.1) is 17.0 Å². The van der Waals surface area contributed by atoms with E-state index in [1.807, 2.05) is 6.92 Å². The van der Waals surface area contributed by atoms with E-state index in [1.54, 1.807) is 37.4 Å². The third-order valence-corrected chi connectivity index (χ3v) is 4.72. The van der Waals surface area contributed by atoms with Crippen molar-refractivity contribution in [1.29, 1.82) is 0 Å². The van der Waals surface area contributed by atoms with Gasteiger partial charge in [0, 0.05) is 18.3 Å². The summed E-state index contributed by atoms with van der Waals surface area (Å²) >= 11 is 0. The van der Waals surface area contributed by atoms with E-state index < -0.39 is 14.9 Å². The summed E-state index contributed by atoms with van der Waals surface area (Å²) in [5, 5.41) is 14.9. The van der Waals surface area contributed by atoms with E-state index in [1.165, 1.54) is 12.1 Å². The molecule has 9 heteroatoms. The van der Waals surface area contributed by atoms with Gasteiger partial charge in [-0.25, -0.2) is 8.42 Å². The zero-order valence-electron chi connectivity index (χ0n) is 13.8. The molecule has 2 N–H and O–H groups in total. The first-order valence-corrected chi connectivity index (χ1v) is 8.98. The molecule has 0 aliphatic carbocycles. The fourth-order valence-electron chi connectivity index (χ4n) is 2.03. The van der Waals surface area contributed by atoms with Gasteiger partial charge in [0.15, 0.2) is 0 Å². The lowest BCUT2D eigenvalue weighted by molar-refractivity contribution is -0.385. The predicted molar refractivity (Wildman–Crippen MR) is 97.5 cm³/mol. The lowest BCUT2D eigenvalue weighted by atomic mass is 10.2. The number of nitrogens with one attached hydrogen (secondary N) is 2. The lowest BCUT2D eigenvalue weighted by Crippen LogP contribution is -2.15. The van der Waals surface area contributed by atoms with Crippen molar-refractivity contribution in [2.45, 2.75) is 25.2 Å². The standard InChI is InChI=1S/C16H18N4O4S/c1-3-10-17-18-15-9-8-13(20(21)22)11-16(15)25(23,24)19-14-7-5-4-6-12(14)2/h4-11,18-19H,3H2,1-2H3/b17-10+. The van der Waals surface area contributed by atoms with Crippen LogP contribution in [0.15, 0.2) is 52.5 Å². The van der Waals surface area contributed by atoms with Crippen LogP contribution in [-0.2, 0) is 10.0 Å². The summed E-state index contributed by atoms with van der Waals surface area (Å²) in [7, 11) is -4.05. The van der Waals surface area contributed by atoms with E-state index >= 15 is 0 Å². The smallest absolute Gasteiger partial charge is 0.270 e. The molecule has 0 spiro atoms. The Morgan fingerprint density at radius 1 is 1.20 bits per heavy atom. The molecule has 0 saturated carbocycles. The highest BCUT2D eigenvalue weighted by molar-refractivity contribution is 7.92. The van der Waals surface area contributed by atoms with Crippen molar-refractivity contribution >= 4 is 33.3 Å². The SMILES string of the molecule is CC/C=N/Nc1ccc([N+](=O)[O-])cc1S(=O)(=O)Nc1ccccc1C. The molecule has 0 amide bonds. The Morgan fingerprint density at radius 2 is 1.92 bits per heavy atom. The predicted octanol–water partition coefficient (Wildman–Crippen LogP) is 3.51. The largest absolute Gasteiger partial charge is 0.279 e. The Labute approximate surface area is 145 Å². The first kappa shape index (κ1) is 18.4. The van der Waals surface area contributed by atoms with Crippen molar-refractivity contribution in [3.8, 4) is 0 Å². The number of hydrogen-bond acceptors (Lipinski definition) is 6. The minimum absolute atomic E-state index is 0.149. The van der Waals surface area contributed by atoms with Gasteiger partial charge in [0.1, 0.15) is 4.90 Å². The number of para-hydroxylation sites is 1. The summed E-state index contributed by atoms with van der Waals surface area (Å²) in [6.07, 6.45) is 2.22. The van der Waals surface area contributed by atoms with Crippen molar-refractivity contribution in [2.24, 2.45) is 5.10 Å². The maximum Gasteiger partial charge on any atom is 0.270 e. The molecule has 0 aliphatic rings. The van der Waals surface area contributed by atoms with Crippen LogP contribution in [0.5, 0.6) is 0 Å². The molecule has 0 radical (unpaired) electrons. The fraction of sp³-hybridized carbons (Fsp3) is 0.188. The number of rotatable bonds is 7. The Bertz CT molecular complexity index is 910. The van der Waals surface area contributed by atoms with E-state index in [-0.39, 0.29) is 16.3 Å². The second kappa shape index (κ2) is 7.75. The highest BCUT2D eigenvalue weighted by atomic mass is 32.2. The van der Waals surface area contributed by atoms with Crippen LogP contribution in [0.4, 0.5) is 17.1 Å². The molecule has 0 aliphatic heterocycles. The second-order valence-electron chi connectivity index (χ2n) is 5.19. The van der Waals surface area contributed by atoms with Crippen LogP contribution < -0.4 is 10.1 Å². The summed E-state index contributed by atoms with van der Waals surface area (Å²) in [5.74, 6) is 0. The quantitative estimate of drug-likeness (QED) is 0.444. The number of nitro groups is 1. The molecule has 2 aromatic rings. The molecule has 0 saturated heterocycles.